The van der Waals surface area contributed by atoms with Gasteiger partial charge >= 0.3 is 0 Å². The number of ether oxygens (including phenoxy) is 1. The molecule has 1 aliphatic rings. The van der Waals surface area contributed by atoms with E-state index in [9.17, 15) is 0 Å². The van der Waals surface area contributed by atoms with Crippen molar-refractivity contribution in [3.8, 4) is 0 Å². The molecule has 96 valence electrons. The second-order valence-corrected chi connectivity index (χ2v) is 7.97. The Kier molecular flexibility index (Phi) is 5.49. The minimum Gasteiger partial charge on any atom is -0.376 e. The molecule has 0 saturated carbocycles. The lowest BCUT2D eigenvalue weighted by Gasteiger charge is -2.31. The average Bonchev–Trinajstić information content (AvgIpc) is 2.66. The molecule has 1 aromatic heterocycles. The zero-order chi connectivity index (χ0) is 12.3. The lowest BCUT2D eigenvalue weighted by atomic mass is 9.97. The Morgan fingerprint density at radius 3 is 2.88 bits per heavy atom. The van der Waals surface area contributed by atoms with Crippen LogP contribution in [0.15, 0.2) is 13.6 Å². The van der Waals surface area contributed by atoms with Crippen molar-refractivity contribution in [2.75, 3.05) is 13.2 Å². The highest BCUT2D eigenvalue weighted by atomic mass is 79.9. The summed E-state index contributed by atoms with van der Waals surface area (Å²) in [5.41, 5.74) is 1.32. The van der Waals surface area contributed by atoms with Crippen LogP contribution in [0.5, 0.6) is 0 Å². The molecule has 0 spiro atoms. The first-order valence-electron chi connectivity index (χ1n) is 6.02. The summed E-state index contributed by atoms with van der Waals surface area (Å²) < 4.78 is 8.28. The van der Waals surface area contributed by atoms with Crippen molar-refractivity contribution in [2.45, 2.75) is 38.3 Å². The van der Waals surface area contributed by atoms with Crippen LogP contribution in [0.2, 0.25) is 0 Å². The maximum absolute atomic E-state index is 5.92. The lowest BCUT2D eigenvalue weighted by Crippen LogP contribution is -2.35. The standard InChI is InChI=1S/C12H17Br2NOS/c1-2-15-11(9-5-3-4-6-16-9)8-7-10(13)17-12(8)14/h7,9,11,15H,2-6H2,1H3. The summed E-state index contributed by atoms with van der Waals surface area (Å²) in [6.07, 6.45) is 3.93. The molecule has 1 N–H and O–H groups in total. The Bertz CT molecular complexity index is 363. The van der Waals surface area contributed by atoms with Crippen molar-refractivity contribution >= 4 is 43.2 Å². The van der Waals surface area contributed by atoms with Gasteiger partial charge in [0.2, 0.25) is 0 Å². The summed E-state index contributed by atoms with van der Waals surface area (Å²) >= 11 is 8.92. The fraction of sp³-hybridized carbons (Fsp3) is 0.667. The fourth-order valence-corrected chi connectivity index (χ4v) is 5.18. The molecule has 1 saturated heterocycles. The van der Waals surface area contributed by atoms with E-state index in [4.69, 9.17) is 4.74 Å². The minimum atomic E-state index is 0.303. The van der Waals surface area contributed by atoms with Crippen molar-refractivity contribution in [3.63, 3.8) is 0 Å². The molecular formula is C12H17Br2NOS. The third-order valence-corrected chi connectivity index (χ3v) is 5.41. The largest absolute Gasteiger partial charge is 0.376 e. The van der Waals surface area contributed by atoms with Gasteiger partial charge < -0.3 is 10.1 Å². The van der Waals surface area contributed by atoms with Gasteiger partial charge in [-0.15, -0.1) is 11.3 Å². The molecule has 17 heavy (non-hydrogen) atoms. The number of likely N-dealkylation sites (N-methyl/N-ethyl adjacent to an activating group) is 1. The summed E-state index contributed by atoms with van der Waals surface area (Å²) in [6.45, 7) is 4.01. The van der Waals surface area contributed by atoms with Gasteiger partial charge in [-0.05, 0) is 69.3 Å². The van der Waals surface area contributed by atoms with Crippen LogP contribution in [0.3, 0.4) is 0 Å². The van der Waals surface area contributed by atoms with Gasteiger partial charge in [0.15, 0.2) is 0 Å². The molecule has 1 fully saturated rings. The third-order valence-electron chi connectivity index (χ3n) is 3.03. The number of nitrogens with one attached hydrogen (secondary N) is 1. The molecular weight excluding hydrogens is 366 g/mol. The fourth-order valence-electron chi connectivity index (χ4n) is 2.26. The monoisotopic (exact) mass is 381 g/mol. The molecule has 2 nitrogen and oxygen atoms in total. The first kappa shape index (κ1) is 14.0. The van der Waals surface area contributed by atoms with Crippen molar-refractivity contribution < 1.29 is 4.74 Å². The van der Waals surface area contributed by atoms with Gasteiger partial charge in [0, 0.05) is 6.61 Å². The van der Waals surface area contributed by atoms with E-state index in [1.54, 1.807) is 11.3 Å². The van der Waals surface area contributed by atoms with Crippen LogP contribution in [-0.2, 0) is 4.74 Å². The van der Waals surface area contributed by atoms with Gasteiger partial charge in [-0.3, -0.25) is 0 Å². The Hall–Kier alpha value is 0.580. The van der Waals surface area contributed by atoms with Gasteiger partial charge in [-0.25, -0.2) is 0 Å². The van der Waals surface area contributed by atoms with Crippen molar-refractivity contribution in [2.24, 2.45) is 0 Å². The maximum atomic E-state index is 5.92. The highest BCUT2D eigenvalue weighted by molar-refractivity contribution is 9.12. The van der Waals surface area contributed by atoms with E-state index in [1.165, 1.54) is 22.2 Å². The molecule has 0 bridgehead atoms. The number of hydrogen-bond acceptors (Lipinski definition) is 3. The molecule has 1 aliphatic heterocycles. The summed E-state index contributed by atoms with van der Waals surface area (Å²) in [5.74, 6) is 0. The topological polar surface area (TPSA) is 21.3 Å². The van der Waals surface area contributed by atoms with Crippen molar-refractivity contribution in [1.82, 2.24) is 5.32 Å². The Morgan fingerprint density at radius 2 is 2.35 bits per heavy atom. The quantitative estimate of drug-likeness (QED) is 0.827. The van der Waals surface area contributed by atoms with Crippen LogP contribution in [0.25, 0.3) is 0 Å². The zero-order valence-corrected chi connectivity index (χ0v) is 13.8. The maximum Gasteiger partial charge on any atom is 0.0770 e. The predicted molar refractivity (Wildman–Crippen MR) is 79.7 cm³/mol. The van der Waals surface area contributed by atoms with E-state index in [2.05, 4.69) is 50.2 Å². The number of halogens is 2. The Morgan fingerprint density at radius 1 is 1.53 bits per heavy atom. The third kappa shape index (κ3) is 3.53. The van der Waals surface area contributed by atoms with Gasteiger partial charge in [0.05, 0.1) is 19.7 Å². The van der Waals surface area contributed by atoms with Crippen LogP contribution in [0, 0.1) is 0 Å². The molecule has 0 aliphatic carbocycles. The Balaban J connectivity index is 2.18. The van der Waals surface area contributed by atoms with E-state index < -0.39 is 0 Å². The van der Waals surface area contributed by atoms with Crippen LogP contribution in [-0.4, -0.2) is 19.3 Å². The highest BCUT2D eigenvalue weighted by Crippen LogP contribution is 2.38. The number of hydrogen-bond donors (Lipinski definition) is 1. The normalized spacial score (nSPS) is 22.6. The lowest BCUT2D eigenvalue weighted by molar-refractivity contribution is -0.00791. The van der Waals surface area contributed by atoms with Crippen LogP contribution in [0.1, 0.15) is 37.8 Å². The number of rotatable bonds is 4. The van der Waals surface area contributed by atoms with Crippen LogP contribution in [0.4, 0.5) is 0 Å². The molecule has 1 aromatic rings. The van der Waals surface area contributed by atoms with E-state index in [0.29, 0.717) is 12.1 Å². The Labute approximate surface area is 123 Å². The average molecular weight is 383 g/mol. The van der Waals surface area contributed by atoms with E-state index in [1.807, 2.05) is 0 Å². The molecule has 0 amide bonds. The molecule has 2 heterocycles. The molecule has 2 unspecified atom stereocenters. The summed E-state index contributed by atoms with van der Waals surface area (Å²) in [5, 5.41) is 3.55. The molecule has 0 aromatic carbocycles. The van der Waals surface area contributed by atoms with Crippen LogP contribution < -0.4 is 5.32 Å². The second-order valence-electron chi connectivity index (χ2n) is 4.22. The highest BCUT2D eigenvalue weighted by Gasteiger charge is 2.27. The summed E-state index contributed by atoms with van der Waals surface area (Å²) in [7, 11) is 0. The molecule has 2 rings (SSSR count). The first-order chi connectivity index (χ1) is 8.22. The smallest absolute Gasteiger partial charge is 0.0770 e. The summed E-state index contributed by atoms with van der Waals surface area (Å²) in [6, 6.07) is 2.50. The van der Waals surface area contributed by atoms with Gasteiger partial charge in [-0.2, -0.15) is 0 Å². The zero-order valence-electron chi connectivity index (χ0n) is 9.84. The van der Waals surface area contributed by atoms with Crippen LogP contribution >= 0.6 is 43.2 Å². The summed E-state index contributed by atoms with van der Waals surface area (Å²) in [4.78, 5) is 0. The van der Waals surface area contributed by atoms with E-state index in [0.717, 1.165) is 23.4 Å². The van der Waals surface area contributed by atoms with Gasteiger partial charge in [-0.1, -0.05) is 6.92 Å². The molecule has 5 heteroatoms. The van der Waals surface area contributed by atoms with E-state index in [-0.39, 0.29) is 0 Å². The second kappa shape index (κ2) is 6.66. The van der Waals surface area contributed by atoms with Crippen molar-refractivity contribution in [1.29, 1.82) is 0 Å². The van der Waals surface area contributed by atoms with Gasteiger partial charge in [0.1, 0.15) is 0 Å². The molecule has 2 atom stereocenters. The SMILES string of the molecule is CCNC(c1cc(Br)sc1Br)C1CCCCO1. The minimum absolute atomic E-state index is 0.303. The predicted octanol–water partition coefficient (Wildman–Crippen LogP) is 4.49. The first-order valence-corrected chi connectivity index (χ1v) is 8.42. The number of thiophene rings is 1. The van der Waals surface area contributed by atoms with Crippen molar-refractivity contribution in [3.05, 3.63) is 19.2 Å². The van der Waals surface area contributed by atoms with E-state index >= 15 is 0 Å². The van der Waals surface area contributed by atoms with Gasteiger partial charge in [0.25, 0.3) is 0 Å². The molecule has 0 radical (unpaired) electrons.